The van der Waals surface area contributed by atoms with Crippen molar-refractivity contribution in [2.75, 3.05) is 0 Å². The van der Waals surface area contributed by atoms with Gasteiger partial charge in [0.1, 0.15) is 15.9 Å². The fraction of sp³-hybridized carbons (Fsp3) is 0.238. The zero-order valence-electron chi connectivity index (χ0n) is 15.3. The molecule has 1 aromatic carbocycles. The number of nitrogens with zero attached hydrogens (tertiary/aromatic N) is 5. The van der Waals surface area contributed by atoms with Crippen LogP contribution in [0.4, 0.5) is 0 Å². The van der Waals surface area contributed by atoms with E-state index in [9.17, 15) is 0 Å². The van der Waals surface area contributed by atoms with E-state index in [1.807, 2.05) is 23.6 Å². The van der Waals surface area contributed by atoms with Gasteiger partial charge in [-0.3, -0.25) is 0 Å². The highest BCUT2D eigenvalue weighted by atomic mass is 35.5. The monoisotopic (exact) mass is 405 g/mol. The largest absolute Gasteiger partial charge is 0.242 e. The summed E-state index contributed by atoms with van der Waals surface area (Å²) in [5.41, 5.74) is 5.38. The molecule has 0 radical (unpaired) electrons. The third kappa shape index (κ3) is 2.38. The van der Waals surface area contributed by atoms with E-state index in [-0.39, 0.29) is 0 Å². The van der Waals surface area contributed by atoms with E-state index < -0.39 is 0 Å². The van der Waals surface area contributed by atoms with Crippen LogP contribution in [0.5, 0.6) is 0 Å². The molecule has 1 aliphatic carbocycles. The van der Waals surface area contributed by atoms with Gasteiger partial charge >= 0.3 is 0 Å². The lowest BCUT2D eigenvalue weighted by atomic mass is 10.1. The number of fused-ring (bicyclic) bond motifs is 5. The molecule has 7 heteroatoms. The van der Waals surface area contributed by atoms with E-state index in [1.54, 1.807) is 17.7 Å². The number of hydrogen-bond donors (Lipinski definition) is 0. The molecular formula is C21H16ClN5S. The summed E-state index contributed by atoms with van der Waals surface area (Å²) in [5, 5.41) is 6.63. The summed E-state index contributed by atoms with van der Waals surface area (Å²) in [6.45, 7) is 4.14. The third-order valence-electron chi connectivity index (χ3n) is 5.53. The molecule has 5 aromatic rings. The van der Waals surface area contributed by atoms with Crippen molar-refractivity contribution in [1.82, 2.24) is 24.6 Å². The van der Waals surface area contributed by atoms with Crippen molar-refractivity contribution >= 4 is 49.0 Å². The first-order valence-electron chi connectivity index (χ1n) is 9.25. The van der Waals surface area contributed by atoms with Crippen molar-refractivity contribution in [1.29, 1.82) is 0 Å². The van der Waals surface area contributed by atoms with Crippen LogP contribution < -0.4 is 0 Å². The molecule has 0 aliphatic heterocycles. The smallest absolute Gasteiger partial charge is 0.176 e. The van der Waals surface area contributed by atoms with Gasteiger partial charge in [-0.25, -0.2) is 19.5 Å². The molecule has 4 heterocycles. The number of pyridine rings is 1. The lowest BCUT2D eigenvalue weighted by Crippen LogP contribution is -1.91. The Hall–Kier alpha value is -2.57. The maximum absolute atomic E-state index is 6.01. The summed E-state index contributed by atoms with van der Waals surface area (Å²) in [6, 6.07) is 10.2. The molecule has 0 amide bonds. The lowest BCUT2D eigenvalue weighted by molar-refractivity contribution is 0.850. The number of halogens is 1. The summed E-state index contributed by atoms with van der Waals surface area (Å²) in [5.74, 6) is 1.72. The Kier molecular flexibility index (Phi) is 3.35. The standard InChI is InChI=1S/C21H16ClN5S/c1-10-7-11(2)24-21-16(10)17-18(28-21)20-25-19(26-27(20)9-23-17)15-8-14(15)12-3-5-13(22)6-4-12/h3-7,9,14-15H,8H2,1-2H3. The van der Waals surface area contributed by atoms with Crippen LogP contribution in [-0.4, -0.2) is 24.6 Å². The van der Waals surface area contributed by atoms with Crippen LogP contribution in [0.25, 0.3) is 26.1 Å². The van der Waals surface area contributed by atoms with Gasteiger partial charge in [0.25, 0.3) is 0 Å². The maximum Gasteiger partial charge on any atom is 0.176 e. The normalized spacial score (nSPS) is 19.1. The Morgan fingerprint density at radius 1 is 1.11 bits per heavy atom. The average Bonchev–Trinajstić information content (AvgIpc) is 3.18. The molecule has 0 saturated heterocycles. The van der Waals surface area contributed by atoms with Crippen LogP contribution in [0.2, 0.25) is 5.02 Å². The van der Waals surface area contributed by atoms with Crippen molar-refractivity contribution in [3.05, 3.63) is 64.3 Å². The van der Waals surface area contributed by atoms with Crippen LogP contribution in [0, 0.1) is 13.8 Å². The lowest BCUT2D eigenvalue weighted by Gasteiger charge is -1.98. The van der Waals surface area contributed by atoms with E-state index in [2.05, 4.69) is 30.1 Å². The zero-order chi connectivity index (χ0) is 19.0. The number of rotatable bonds is 2. The van der Waals surface area contributed by atoms with Gasteiger partial charge in [0.05, 0.1) is 5.52 Å². The second-order valence-corrected chi connectivity index (χ2v) is 8.96. The molecule has 1 fully saturated rings. The van der Waals surface area contributed by atoms with Crippen LogP contribution in [0.15, 0.2) is 36.7 Å². The molecule has 2 unspecified atom stereocenters. The molecule has 0 bridgehead atoms. The topological polar surface area (TPSA) is 56.0 Å². The van der Waals surface area contributed by atoms with Crippen molar-refractivity contribution in [3.8, 4) is 0 Å². The van der Waals surface area contributed by atoms with Crippen LogP contribution >= 0.6 is 22.9 Å². The van der Waals surface area contributed by atoms with Crippen LogP contribution in [0.1, 0.15) is 40.9 Å². The van der Waals surface area contributed by atoms with Gasteiger partial charge in [-0.2, -0.15) is 0 Å². The number of hydrogen-bond acceptors (Lipinski definition) is 5. The highest BCUT2D eigenvalue weighted by Gasteiger charge is 2.42. The Labute approximate surface area is 170 Å². The average molecular weight is 406 g/mol. The fourth-order valence-electron chi connectivity index (χ4n) is 4.10. The van der Waals surface area contributed by atoms with Crippen LogP contribution in [0.3, 0.4) is 0 Å². The number of aromatic nitrogens is 5. The summed E-state index contributed by atoms with van der Waals surface area (Å²) in [7, 11) is 0. The molecular weight excluding hydrogens is 390 g/mol. The van der Waals surface area contributed by atoms with Crippen molar-refractivity contribution < 1.29 is 0 Å². The molecule has 4 aromatic heterocycles. The molecule has 28 heavy (non-hydrogen) atoms. The van der Waals surface area contributed by atoms with Crippen molar-refractivity contribution in [3.63, 3.8) is 0 Å². The second-order valence-electron chi connectivity index (χ2n) is 7.52. The molecule has 6 rings (SSSR count). The van der Waals surface area contributed by atoms with E-state index in [0.29, 0.717) is 11.8 Å². The van der Waals surface area contributed by atoms with Crippen molar-refractivity contribution in [2.24, 2.45) is 0 Å². The second kappa shape index (κ2) is 5.72. The van der Waals surface area contributed by atoms with E-state index in [1.165, 1.54) is 11.1 Å². The van der Waals surface area contributed by atoms with E-state index >= 15 is 0 Å². The highest BCUT2D eigenvalue weighted by molar-refractivity contribution is 7.26. The first-order valence-corrected chi connectivity index (χ1v) is 10.4. The minimum atomic E-state index is 0.354. The Bertz CT molecular complexity index is 1390. The van der Waals surface area contributed by atoms with E-state index in [4.69, 9.17) is 26.7 Å². The summed E-state index contributed by atoms with van der Waals surface area (Å²) in [6.07, 6.45) is 2.85. The summed E-state index contributed by atoms with van der Waals surface area (Å²) in [4.78, 5) is 15.3. The SMILES string of the molecule is Cc1cc(C)c2c(n1)sc1c2ncn2nc(C3CC3c3ccc(Cl)cc3)nc12. The molecule has 0 spiro atoms. The molecule has 1 saturated carbocycles. The number of thiophene rings is 1. The van der Waals surface area contributed by atoms with Gasteiger partial charge in [-0.15, -0.1) is 16.4 Å². The Balaban J connectivity index is 1.47. The predicted molar refractivity (Wildman–Crippen MR) is 112 cm³/mol. The van der Waals surface area contributed by atoms with Gasteiger partial charge in [-0.1, -0.05) is 23.7 Å². The van der Waals surface area contributed by atoms with Crippen molar-refractivity contribution in [2.45, 2.75) is 32.1 Å². The highest BCUT2D eigenvalue weighted by Crippen LogP contribution is 2.53. The first-order chi connectivity index (χ1) is 13.6. The van der Waals surface area contributed by atoms with Gasteiger partial charge in [0.15, 0.2) is 11.5 Å². The molecule has 138 valence electrons. The van der Waals surface area contributed by atoms with Gasteiger partial charge in [-0.05, 0) is 55.5 Å². The fourth-order valence-corrected chi connectivity index (χ4v) is 5.45. The van der Waals surface area contributed by atoms with Gasteiger partial charge < -0.3 is 0 Å². The molecule has 1 aliphatic rings. The predicted octanol–water partition coefficient (Wildman–Crippen LogP) is 5.43. The minimum absolute atomic E-state index is 0.354. The third-order valence-corrected chi connectivity index (χ3v) is 6.85. The van der Waals surface area contributed by atoms with Crippen LogP contribution in [-0.2, 0) is 0 Å². The summed E-state index contributed by atoms with van der Waals surface area (Å²) < 4.78 is 2.87. The van der Waals surface area contributed by atoms with E-state index in [0.717, 1.165) is 49.0 Å². The Morgan fingerprint density at radius 2 is 1.93 bits per heavy atom. The maximum atomic E-state index is 6.01. The zero-order valence-corrected chi connectivity index (χ0v) is 16.9. The first kappa shape index (κ1) is 16.4. The Morgan fingerprint density at radius 3 is 2.75 bits per heavy atom. The quantitative estimate of drug-likeness (QED) is 0.393. The number of benzene rings is 1. The molecule has 2 atom stereocenters. The summed E-state index contributed by atoms with van der Waals surface area (Å²) >= 11 is 7.67. The van der Waals surface area contributed by atoms with Gasteiger partial charge in [0.2, 0.25) is 0 Å². The molecule has 0 N–H and O–H groups in total. The van der Waals surface area contributed by atoms with Gasteiger partial charge in [0, 0.05) is 22.0 Å². The molecule has 5 nitrogen and oxygen atoms in total. The number of aryl methyl sites for hydroxylation is 2. The minimum Gasteiger partial charge on any atom is -0.242 e.